The minimum atomic E-state index is -2.24. The van der Waals surface area contributed by atoms with E-state index in [1.807, 2.05) is 0 Å². The minimum Gasteiger partial charge on any atom is -0.328 e. The Labute approximate surface area is 71.5 Å². The summed E-state index contributed by atoms with van der Waals surface area (Å²) in [5.74, 6) is 0.513. The fourth-order valence-corrected chi connectivity index (χ4v) is 1.70. The van der Waals surface area contributed by atoms with Crippen LogP contribution in [0.5, 0.6) is 0 Å². The Bertz CT molecular complexity index is 130. The summed E-state index contributed by atoms with van der Waals surface area (Å²) >= 11 is 0. The molecule has 12 heavy (non-hydrogen) atoms. The van der Waals surface area contributed by atoms with Crippen LogP contribution in [0.1, 0.15) is 19.3 Å². The second kappa shape index (κ2) is 4.72. The lowest BCUT2D eigenvalue weighted by Gasteiger charge is -2.09. The Morgan fingerprint density at radius 3 is 2.67 bits per heavy atom. The van der Waals surface area contributed by atoms with E-state index in [0.29, 0.717) is 18.5 Å². The Morgan fingerprint density at radius 2 is 2.17 bits per heavy atom. The molecule has 1 fully saturated rings. The van der Waals surface area contributed by atoms with Crippen molar-refractivity contribution in [2.75, 3.05) is 13.1 Å². The molecule has 0 radical (unpaired) electrons. The summed E-state index contributed by atoms with van der Waals surface area (Å²) in [5.41, 5.74) is 5.68. The number of rotatable bonds is 4. The van der Waals surface area contributed by atoms with Gasteiger partial charge in [-0.15, -0.1) is 0 Å². The van der Waals surface area contributed by atoms with Crippen LogP contribution in [-0.2, 0) is 0 Å². The summed E-state index contributed by atoms with van der Waals surface area (Å²) in [7, 11) is 0. The first-order valence-corrected chi connectivity index (χ1v) is 4.43. The van der Waals surface area contributed by atoms with Crippen LogP contribution in [-0.4, -0.2) is 25.6 Å². The lowest BCUT2D eigenvalue weighted by atomic mass is 10.1. The standard InChI is InChI=1S/C8H16F2N2/c9-8(10)5-12-4-6-1-2-7(11)3-6/h6-8,12H,1-5,11H2. The maximum absolute atomic E-state index is 11.7. The van der Waals surface area contributed by atoms with Crippen molar-refractivity contribution in [1.29, 1.82) is 0 Å². The zero-order valence-corrected chi connectivity index (χ0v) is 7.10. The molecule has 0 spiro atoms. The quantitative estimate of drug-likeness (QED) is 0.673. The van der Waals surface area contributed by atoms with E-state index in [0.717, 1.165) is 19.3 Å². The molecule has 0 heterocycles. The molecule has 2 atom stereocenters. The zero-order valence-electron chi connectivity index (χ0n) is 7.10. The van der Waals surface area contributed by atoms with E-state index < -0.39 is 6.43 Å². The highest BCUT2D eigenvalue weighted by atomic mass is 19.3. The van der Waals surface area contributed by atoms with Crippen molar-refractivity contribution < 1.29 is 8.78 Å². The monoisotopic (exact) mass is 178 g/mol. The van der Waals surface area contributed by atoms with Gasteiger partial charge in [-0.25, -0.2) is 8.78 Å². The molecule has 0 saturated heterocycles. The van der Waals surface area contributed by atoms with Crippen LogP contribution in [0.25, 0.3) is 0 Å². The van der Waals surface area contributed by atoms with Gasteiger partial charge in [0.2, 0.25) is 0 Å². The van der Waals surface area contributed by atoms with Gasteiger partial charge < -0.3 is 11.1 Å². The number of halogens is 2. The van der Waals surface area contributed by atoms with Gasteiger partial charge in [-0.1, -0.05) is 0 Å². The first-order valence-electron chi connectivity index (χ1n) is 4.43. The molecule has 1 aliphatic carbocycles. The molecule has 4 heteroatoms. The van der Waals surface area contributed by atoms with E-state index in [2.05, 4.69) is 5.32 Å². The predicted octanol–water partition coefficient (Wildman–Crippen LogP) is 0.968. The molecule has 2 nitrogen and oxygen atoms in total. The summed E-state index contributed by atoms with van der Waals surface area (Å²) in [4.78, 5) is 0. The van der Waals surface area contributed by atoms with E-state index in [-0.39, 0.29) is 6.54 Å². The SMILES string of the molecule is NC1CCC(CNCC(F)F)C1. The Balaban J connectivity index is 2.00. The highest BCUT2D eigenvalue weighted by Gasteiger charge is 2.21. The summed E-state index contributed by atoms with van der Waals surface area (Å²) in [6.07, 6.45) is 0.870. The van der Waals surface area contributed by atoms with E-state index in [4.69, 9.17) is 5.73 Å². The fourth-order valence-electron chi connectivity index (χ4n) is 1.70. The van der Waals surface area contributed by atoms with Crippen LogP contribution < -0.4 is 11.1 Å². The lowest BCUT2D eigenvalue weighted by Crippen LogP contribution is -2.27. The summed E-state index contributed by atoms with van der Waals surface area (Å²) in [6.45, 7) is 0.504. The summed E-state index contributed by atoms with van der Waals surface area (Å²) < 4.78 is 23.4. The maximum atomic E-state index is 11.7. The van der Waals surface area contributed by atoms with Gasteiger partial charge in [0.05, 0.1) is 6.54 Å². The third-order valence-corrected chi connectivity index (χ3v) is 2.31. The van der Waals surface area contributed by atoms with E-state index in [9.17, 15) is 8.78 Å². The summed E-state index contributed by atoms with van der Waals surface area (Å²) in [6, 6.07) is 0.295. The molecule has 1 saturated carbocycles. The van der Waals surface area contributed by atoms with Crippen molar-refractivity contribution in [2.45, 2.75) is 31.7 Å². The molecule has 0 amide bonds. The second-order valence-electron chi connectivity index (χ2n) is 3.49. The Morgan fingerprint density at radius 1 is 1.42 bits per heavy atom. The first-order chi connectivity index (χ1) is 5.68. The van der Waals surface area contributed by atoms with Gasteiger partial charge in [-0.2, -0.15) is 0 Å². The van der Waals surface area contributed by atoms with Crippen molar-refractivity contribution in [1.82, 2.24) is 5.32 Å². The molecule has 72 valence electrons. The van der Waals surface area contributed by atoms with Crippen LogP contribution >= 0.6 is 0 Å². The van der Waals surface area contributed by atoms with Crippen LogP contribution in [0.4, 0.5) is 8.78 Å². The highest BCUT2D eigenvalue weighted by molar-refractivity contribution is 4.78. The Kier molecular flexibility index (Phi) is 3.88. The van der Waals surface area contributed by atoms with Gasteiger partial charge in [-0.05, 0) is 31.7 Å². The van der Waals surface area contributed by atoms with Gasteiger partial charge in [-0.3, -0.25) is 0 Å². The summed E-state index contributed by atoms with van der Waals surface area (Å²) in [5, 5.41) is 2.74. The minimum absolute atomic E-state index is 0.189. The van der Waals surface area contributed by atoms with Crippen molar-refractivity contribution in [2.24, 2.45) is 11.7 Å². The van der Waals surface area contributed by atoms with Gasteiger partial charge in [0.1, 0.15) is 0 Å². The largest absolute Gasteiger partial charge is 0.328 e. The highest BCUT2D eigenvalue weighted by Crippen LogP contribution is 2.22. The Hall–Kier alpha value is -0.220. The molecule has 0 aromatic heterocycles. The topological polar surface area (TPSA) is 38.0 Å². The smallest absolute Gasteiger partial charge is 0.250 e. The van der Waals surface area contributed by atoms with E-state index in [1.54, 1.807) is 0 Å². The first kappa shape index (κ1) is 9.86. The van der Waals surface area contributed by atoms with Crippen LogP contribution in [0.2, 0.25) is 0 Å². The van der Waals surface area contributed by atoms with E-state index >= 15 is 0 Å². The third kappa shape index (κ3) is 3.45. The number of nitrogens with two attached hydrogens (primary N) is 1. The average molecular weight is 178 g/mol. The van der Waals surface area contributed by atoms with Crippen molar-refractivity contribution >= 4 is 0 Å². The molecule has 2 unspecified atom stereocenters. The second-order valence-corrected chi connectivity index (χ2v) is 3.49. The van der Waals surface area contributed by atoms with Gasteiger partial charge in [0.25, 0.3) is 6.43 Å². The van der Waals surface area contributed by atoms with E-state index in [1.165, 1.54) is 0 Å². The normalized spacial score (nSPS) is 30.0. The van der Waals surface area contributed by atoms with Crippen molar-refractivity contribution in [3.63, 3.8) is 0 Å². The number of alkyl halides is 2. The van der Waals surface area contributed by atoms with Crippen LogP contribution in [0.3, 0.4) is 0 Å². The van der Waals surface area contributed by atoms with Crippen molar-refractivity contribution in [3.8, 4) is 0 Å². The number of hydrogen-bond donors (Lipinski definition) is 2. The van der Waals surface area contributed by atoms with Gasteiger partial charge in [0, 0.05) is 6.04 Å². The van der Waals surface area contributed by atoms with Crippen LogP contribution in [0.15, 0.2) is 0 Å². The molecule has 0 aromatic carbocycles. The molecule has 1 rings (SSSR count). The molecule has 1 aliphatic rings. The maximum Gasteiger partial charge on any atom is 0.250 e. The molecular weight excluding hydrogens is 162 g/mol. The van der Waals surface area contributed by atoms with Crippen molar-refractivity contribution in [3.05, 3.63) is 0 Å². The average Bonchev–Trinajstić information content (AvgIpc) is 2.35. The number of nitrogens with one attached hydrogen (secondary N) is 1. The molecule has 0 aromatic rings. The fraction of sp³-hybridized carbons (Fsp3) is 1.00. The molecule has 0 aliphatic heterocycles. The molecule has 3 N–H and O–H groups in total. The lowest BCUT2D eigenvalue weighted by molar-refractivity contribution is 0.144. The third-order valence-electron chi connectivity index (χ3n) is 2.31. The van der Waals surface area contributed by atoms with Gasteiger partial charge >= 0.3 is 0 Å². The molecular formula is C8H16F2N2. The molecule has 0 bridgehead atoms. The zero-order chi connectivity index (χ0) is 8.97. The van der Waals surface area contributed by atoms with Gasteiger partial charge in [0.15, 0.2) is 0 Å². The number of hydrogen-bond acceptors (Lipinski definition) is 2. The predicted molar refractivity (Wildman–Crippen MR) is 44.2 cm³/mol. The van der Waals surface area contributed by atoms with Crippen LogP contribution in [0, 0.1) is 5.92 Å².